The van der Waals surface area contributed by atoms with E-state index in [1.807, 2.05) is 0 Å². The van der Waals surface area contributed by atoms with Gasteiger partial charge in [0.1, 0.15) is 18.7 Å². The molecule has 1 saturated heterocycles. The van der Waals surface area contributed by atoms with Gasteiger partial charge < -0.3 is 14.9 Å². The van der Waals surface area contributed by atoms with Gasteiger partial charge in [0.2, 0.25) is 0 Å². The van der Waals surface area contributed by atoms with Crippen LogP contribution in [0.25, 0.3) is 16.8 Å². The molecule has 0 aromatic carbocycles. The monoisotopic (exact) mass is 280 g/mol. The highest BCUT2D eigenvalue weighted by Gasteiger charge is 2.35. The van der Waals surface area contributed by atoms with Crippen LogP contribution in [-0.4, -0.2) is 52.9 Å². The fourth-order valence-electron chi connectivity index (χ4n) is 2.61. The lowest BCUT2D eigenvalue weighted by atomic mass is 10.5. The number of hydrogen-bond acceptors (Lipinski definition) is 6. The zero-order valence-electron chi connectivity index (χ0n) is 10.5. The minimum Gasteiger partial charge on any atom is -0.394 e. The van der Waals surface area contributed by atoms with E-state index >= 15 is 0 Å². The molecule has 0 spiro atoms. The van der Waals surface area contributed by atoms with Crippen molar-refractivity contribution in [2.24, 2.45) is 0 Å². The lowest BCUT2D eigenvalue weighted by Gasteiger charge is -2.13. The molecule has 20 heavy (non-hydrogen) atoms. The third-order valence-electron chi connectivity index (χ3n) is 3.65. The van der Waals surface area contributed by atoms with Crippen LogP contribution in [0, 0.1) is 0 Å². The van der Waals surface area contributed by atoms with E-state index in [0.717, 1.165) is 5.65 Å². The Morgan fingerprint density at radius 3 is 2.95 bits per heavy atom. The Morgan fingerprint density at radius 2 is 2.15 bits per heavy atom. The van der Waals surface area contributed by atoms with Gasteiger partial charge in [0.05, 0.1) is 19.0 Å². The Balaban J connectivity index is 1.81. The summed E-state index contributed by atoms with van der Waals surface area (Å²) in [5, 5.41) is 19.0. The molecule has 2 N–H and O–H groups in total. The Hall–Kier alpha value is -2.03. The van der Waals surface area contributed by atoms with E-state index in [-0.39, 0.29) is 12.8 Å². The second kappa shape index (κ2) is 4.23. The number of fused-ring (bicyclic) bond motifs is 3. The smallest absolute Gasteiger partial charge is 0.167 e. The van der Waals surface area contributed by atoms with E-state index in [9.17, 15) is 5.11 Å². The maximum Gasteiger partial charge on any atom is 0.167 e. The van der Waals surface area contributed by atoms with Crippen molar-refractivity contribution >= 4 is 16.8 Å². The molecule has 3 aromatic heterocycles. The van der Waals surface area contributed by atoms with E-state index in [1.54, 1.807) is 34.0 Å². The summed E-state index contributed by atoms with van der Waals surface area (Å²) >= 11 is 0. The molecule has 0 bridgehead atoms. The average Bonchev–Trinajstić information content (AvgIpc) is 3.13. The molecule has 1 fully saturated rings. The van der Waals surface area contributed by atoms with E-state index in [4.69, 9.17) is 9.84 Å². The molecule has 0 radical (unpaired) electrons. The quantitative estimate of drug-likeness (QED) is 0.627. The summed E-state index contributed by atoms with van der Waals surface area (Å²) in [4.78, 5) is 12.9. The van der Waals surface area contributed by atoms with E-state index in [2.05, 4.69) is 15.0 Å². The van der Waals surface area contributed by atoms with Gasteiger partial charge in [0.15, 0.2) is 16.8 Å². The standard InChI is InChI=1S/C12H13N5O3/c18-4-8-7(19)3-9(20-8)17-6-14-10-11-13-1-2-16(11)5-15-12(10)17/h1-2,5-9,18-19H,3-4H2/t7-,8+,9+/m0/s1/i3+1,4+1,7+1,8+1,9+1. The van der Waals surface area contributed by atoms with Crippen LogP contribution in [-0.2, 0) is 4.74 Å². The molecule has 0 saturated carbocycles. The lowest BCUT2D eigenvalue weighted by molar-refractivity contribution is -0.0432. The number of aliphatic hydroxyl groups excluding tert-OH is 2. The van der Waals surface area contributed by atoms with Crippen LogP contribution in [0.1, 0.15) is 12.6 Å². The lowest BCUT2D eigenvalue weighted by Crippen LogP contribution is -2.24. The molecule has 1 aliphatic heterocycles. The maximum absolute atomic E-state index is 9.81. The van der Waals surface area contributed by atoms with Crippen molar-refractivity contribution < 1.29 is 14.9 Å². The summed E-state index contributed by atoms with van der Waals surface area (Å²) in [5.74, 6) is 0. The van der Waals surface area contributed by atoms with Crippen molar-refractivity contribution in [3.63, 3.8) is 0 Å². The molecule has 4 rings (SSSR count). The number of nitrogens with zero attached hydrogens (tertiary/aromatic N) is 5. The molecule has 0 amide bonds. The van der Waals surface area contributed by atoms with Crippen LogP contribution in [0.15, 0.2) is 25.0 Å². The van der Waals surface area contributed by atoms with Gasteiger partial charge in [-0.3, -0.25) is 8.97 Å². The van der Waals surface area contributed by atoms with Gasteiger partial charge in [0.25, 0.3) is 0 Å². The largest absolute Gasteiger partial charge is 0.394 e. The van der Waals surface area contributed by atoms with E-state index in [1.165, 1.54) is 0 Å². The van der Waals surface area contributed by atoms with Gasteiger partial charge in [0, 0.05) is 18.8 Å². The minimum absolute atomic E-state index is 0.206. The molecule has 3 aromatic rings. The van der Waals surface area contributed by atoms with E-state index in [0.29, 0.717) is 17.6 Å². The number of aromatic nitrogens is 5. The van der Waals surface area contributed by atoms with Crippen molar-refractivity contribution in [3.8, 4) is 0 Å². The average molecular weight is 280 g/mol. The molecule has 1 aliphatic rings. The molecule has 8 nitrogen and oxygen atoms in total. The first-order valence-corrected chi connectivity index (χ1v) is 6.36. The summed E-state index contributed by atoms with van der Waals surface area (Å²) < 4.78 is 9.18. The van der Waals surface area contributed by atoms with Crippen LogP contribution in [0.2, 0.25) is 0 Å². The van der Waals surface area contributed by atoms with Gasteiger partial charge >= 0.3 is 0 Å². The zero-order valence-corrected chi connectivity index (χ0v) is 10.5. The third kappa shape index (κ3) is 1.56. The summed E-state index contributed by atoms with van der Waals surface area (Å²) in [6.45, 7) is -0.206. The SMILES string of the molecule is O[13CH2][13C@H]1O[13C@@H](n2cnc3c2ncn2ccnc32)[13CH2][13C@@H]1O. The number of aliphatic hydroxyl groups is 2. The molecule has 8 heteroatoms. The zero-order chi connectivity index (χ0) is 13.7. The summed E-state index contributed by atoms with van der Waals surface area (Å²) in [5.41, 5.74) is 2.06. The van der Waals surface area contributed by atoms with Gasteiger partial charge in [-0.2, -0.15) is 0 Å². The minimum atomic E-state index is -0.683. The predicted molar refractivity (Wildman–Crippen MR) is 67.9 cm³/mol. The molecule has 104 valence electrons. The molecule has 3 atom stereocenters. The summed E-state index contributed by atoms with van der Waals surface area (Å²) in [6, 6.07) is 0. The Morgan fingerprint density at radius 1 is 1.25 bits per heavy atom. The molecule has 0 aliphatic carbocycles. The topological polar surface area (TPSA) is 97.7 Å². The van der Waals surface area contributed by atoms with Crippen molar-refractivity contribution in [1.82, 2.24) is 23.9 Å². The Bertz CT molecular complexity index is 767. The molecular formula is C12H13N5O3. The first-order valence-electron chi connectivity index (χ1n) is 6.36. The second-order valence-corrected chi connectivity index (χ2v) is 4.84. The van der Waals surface area contributed by atoms with Crippen LogP contribution < -0.4 is 0 Å². The van der Waals surface area contributed by atoms with Gasteiger partial charge in [-0.1, -0.05) is 0 Å². The van der Waals surface area contributed by atoms with Gasteiger partial charge in [-0.05, 0) is 0 Å². The number of ether oxygens (including phenoxy) is 1. The summed E-state index contributed by atoms with van der Waals surface area (Å²) in [7, 11) is 0. The number of imidazole rings is 2. The maximum atomic E-state index is 9.81. The van der Waals surface area contributed by atoms with Crippen LogP contribution in [0.4, 0.5) is 0 Å². The molecule has 4 heterocycles. The highest BCUT2D eigenvalue weighted by atomic mass is 16.7. The van der Waals surface area contributed by atoms with Gasteiger partial charge in [-0.25, -0.2) is 15.0 Å². The normalized spacial score (nSPS) is 26.8. The first-order chi connectivity index (χ1) is 9.78. The highest BCUT2D eigenvalue weighted by Crippen LogP contribution is 2.30. The number of rotatable bonds is 2. The number of hydrogen-bond donors (Lipinski definition) is 2. The molecular weight excluding hydrogens is 267 g/mol. The third-order valence-corrected chi connectivity index (χ3v) is 3.65. The van der Waals surface area contributed by atoms with Crippen molar-refractivity contribution in [3.05, 3.63) is 25.0 Å². The molecule has 0 unspecified atom stereocenters. The second-order valence-electron chi connectivity index (χ2n) is 4.84. The van der Waals surface area contributed by atoms with E-state index < -0.39 is 12.2 Å². The van der Waals surface area contributed by atoms with Crippen molar-refractivity contribution in [1.29, 1.82) is 0 Å². The predicted octanol–water partition coefficient (Wildman–Crippen LogP) is -0.280. The van der Waals surface area contributed by atoms with Gasteiger partial charge in [-0.15, -0.1) is 0 Å². The highest BCUT2D eigenvalue weighted by molar-refractivity contribution is 5.85. The van der Waals surface area contributed by atoms with Crippen molar-refractivity contribution in [2.75, 3.05) is 6.61 Å². The van der Waals surface area contributed by atoms with Crippen molar-refractivity contribution in [2.45, 2.75) is 24.9 Å². The Labute approximate surface area is 113 Å². The van der Waals surface area contributed by atoms with Crippen LogP contribution >= 0.6 is 0 Å². The Kier molecular flexibility index (Phi) is 2.49. The fraction of sp³-hybridized carbons (Fsp3) is 0.417. The van der Waals surface area contributed by atoms with Crippen LogP contribution in [0.5, 0.6) is 0 Å². The fourth-order valence-corrected chi connectivity index (χ4v) is 2.61. The van der Waals surface area contributed by atoms with Crippen LogP contribution in [0.3, 0.4) is 0 Å². The summed E-state index contributed by atoms with van der Waals surface area (Å²) in [6.07, 6.45) is 5.56. The first kappa shape index (κ1) is 11.8.